The summed E-state index contributed by atoms with van der Waals surface area (Å²) in [7, 11) is -3.78. The molecule has 134 valence electrons. The molecule has 2 aromatic carbocycles. The highest BCUT2D eigenvalue weighted by Gasteiger charge is 2.18. The molecule has 0 radical (unpaired) electrons. The molecule has 0 aliphatic rings. The molecule has 0 bridgehead atoms. The van der Waals surface area contributed by atoms with Crippen molar-refractivity contribution < 1.29 is 12.8 Å². The number of nitrogens with zero attached hydrogens (tertiary/aromatic N) is 2. The third-order valence-corrected chi connectivity index (χ3v) is 5.57. The lowest BCUT2D eigenvalue weighted by Crippen LogP contribution is -2.25. The summed E-state index contributed by atoms with van der Waals surface area (Å²) in [4.78, 5) is 18.2. The number of aryl methyl sites for hydroxylation is 1. The molecule has 0 aliphatic carbocycles. The molecule has 0 saturated carbocycles. The first-order valence-electron chi connectivity index (χ1n) is 8.04. The van der Waals surface area contributed by atoms with Crippen LogP contribution < -0.4 is 10.5 Å². The molecule has 0 spiro atoms. The lowest BCUT2D eigenvalue weighted by atomic mass is 10.3. The third-order valence-electron chi connectivity index (χ3n) is 4.17. The minimum absolute atomic E-state index is 0.0203. The number of aromatic amines is 1. The SMILES string of the molecule is CCn1c(CNS(=O)(=O)c2ccc3[nH]c(=O)oc3c2)nc2ccccc21. The fourth-order valence-electron chi connectivity index (χ4n) is 2.95. The maximum Gasteiger partial charge on any atom is 0.417 e. The van der Waals surface area contributed by atoms with E-state index in [1.807, 2.05) is 35.8 Å². The van der Waals surface area contributed by atoms with Crippen LogP contribution in [0.25, 0.3) is 22.1 Å². The van der Waals surface area contributed by atoms with Crippen LogP contribution in [0.1, 0.15) is 12.7 Å². The molecular weight excluding hydrogens is 356 g/mol. The second kappa shape index (κ2) is 6.11. The summed E-state index contributed by atoms with van der Waals surface area (Å²) in [6, 6.07) is 11.9. The van der Waals surface area contributed by atoms with Gasteiger partial charge in [0, 0.05) is 12.6 Å². The van der Waals surface area contributed by atoms with E-state index in [0.717, 1.165) is 11.0 Å². The van der Waals surface area contributed by atoms with Gasteiger partial charge in [0.1, 0.15) is 5.82 Å². The van der Waals surface area contributed by atoms with Gasteiger partial charge in [-0.3, -0.25) is 4.98 Å². The normalized spacial score (nSPS) is 12.2. The van der Waals surface area contributed by atoms with Gasteiger partial charge in [0.05, 0.1) is 28.0 Å². The van der Waals surface area contributed by atoms with Gasteiger partial charge in [-0.05, 0) is 31.2 Å². The Labute approximate surface area is 148 Å². The molecule has 2 N–H and O–H groups in total. The Hall–Kier alpha value is -2.91. The van der Waals surface area contributed by atoms with E-state index in [0.29, 0.717) is 17.9 Å². The van der Waals surface area contributed by atoms with Crippen LogP contribution in [-0.2, 0) is 23.1 Å². The summed E-state index contributed by atoms with van der Waals surface area (Å²) in [5.41, 5.74) is 2.42. The first-order chi connectivity index (χ1) is 12.5. The van der Waals surface area contributed by atoms with Crippen molar-refractivity contribution in [2.45, 2.75) is 24.9 Å². The summed E-state index contributed by atoms with van der Waals surface area (Å²) in [6.07, 6.45) is 0. The Bertz CT molecular complexity index is 1270. The molecule has 0 amide bonds. The summed E-state index contributed by atoms with van der Waals surface area (Å²) in [6.45, 7) is 2.71. The maximum absolute atomic E-state index is 12.6. The standard InChI is InChI=1S/C17H16N4O4S/c1-2-21-14-6-4-3-5-12(14)19-16(21)10-18-26(23,24)11-7-8-13-15(9-11)25-17(22)20-13/h3-9,18H,2,10H2,1H3,(H,20,22). The molecule has 4 rings (SSSR count). The van der Waals surface area contributed by atoms with E-state index in [1.54, 1.807) is 0 Å². The monoisotopic (exact) mass is 372 g/mol. The largest absolute Gasteiger partial charge is 0.417 e. The van der Waals surface area contributed by atoms with Crippen LogP contribution in [0.4, 0.5) is 0 Å². The Morgan fingerprint density at radius 2 is 2.04 bits per heavy atom. The number of aromatic nitrogens is 3. The van der Waals surface area contributed by atoms with Crippen LogP contribution in [0.2, 0.25) is 0 Å². The van der Waals surface area contributed by atoms with E-state index < -0.39 is 15.8 Å². The number of oxazole rings is 1. The quantitative estimate of drug-likeness (QED) is 0.556. The lowest BCUT2D eigenvalue weighted by Gasteiger charge is -2.08. The van der Waals surface area contributed by atoms with Crippen LogP contribution in [0.3, 0.4) is 0 Å². The van der Waals surface area contributed by atoms with Crippen LogP contribution in [0, 0.1) is 0 Å². The van der Waals surface area contributed by atoms with Crippen molar-refractivity contribution in [1.29, 1.82) is 0 Å². The van der Waals surface area contributed by atoms with Crippen LogP contribution in [0.5, 0.6) is 0 Å². The molecule has 2 aromatic heterocycles. The zero-order valence-electron chi connectivity index (χ0n) is 13.9. The molecule has 4 aromatic rings. The minimum Gasteiger partial charge on any atom is -0.408 e. The molecule has 0 atom stereocenters. The molecule has 0 unspecified atom stereocenters. The van der Waals surface area contributed by atoms with E-state index in [9.17, 15) is 13.2 Å². The van der Waals surface area contributed by atoms with E-state index in [4.69, 9.17) is 4.42 Å². The number of benzene rings is 2. The molecule has 0 saturated heterocycles. The van der Waals surface area contributed by atoms with Crippen molar-refractivity contribution in [3.8, 4) is 0 Å². The summed E-state index contributed by atoms with van der Waals surface area (Å²) < 4.78 is 34.6. The van der Waals surface area contributed by atoms with Crippen molar-refractivity contribution in [3.63, 3.8) is 0 Å². The third kappa shape index (κ3) is 2.80. The average Bonchev–Trinajstić information content (AvgIpc) is 3.17. The van der Waals surface area contributed by atoms with Crippen molar-refractivity contribution in [2.75, 3.05) is 0 Å². The number of H-pyrrole nitrogens is 1. The average molecular weight is 372 g/mol. The predicted octanol–water partition coefficient (Wildman–Crippen LogP) is 1.97. The number of sulfonamides is 1. The van der Waals surface area contributed by atoms with Crippen molar-refractivity contribution in [2.24, 2.45) is 0 Å². The zero-order chi connectivity index (χ0) is 18.3. The molecule has 2 heterocycles. The van der Waals surface area contributed by atoms with E-state index in [2.05, 4.69) is 14.7 Å². The molecule has 0 fully saturated rings. The molecule has 26 heavy (non-hydrogen) atoms. The van der Waals surface area contributed by atoms with Crippen LogP contribution in [-0.4, -0.2) is 23.0 Å². The topological polar surface area (TPSA) is 110 Å². The second-order valence-electron chi connectivity index (χ2n) is 5.76. The number of hydrogen-bond acceptors (Lipinski definition) is 5. The van der Waals surface area contributed by atoms with Gasteiger partial charge in [-0.15, -0.1) is 0 Å². The predicted molar refractivity (Wildman–Crippen MR) is 96.3 cm³/mol. The molecule has 8 nitrogen and oxygen atoms in total. The Morgan fingerprint density at radius 3 is 2.85 bits per heavy atom. The Balaban J connectivity index is 1.64. The highest BCUT2D eigenvalue weighted by atomic mass is 32.2. The maximum atomic E-state index is 12.6. The first-order valence-corrected chi connectivity index (χ1v) is 9.53. The molecular formula is C17H16N4O4S. The Morgan fingerprint density at radius 1 is 1.23 bits per heavy atom. The van der Waals surface area contributed by atoms with E-state index in [-0.39, 0.29) is 17.0 Å². The van der Waals surface area contributed by atoms with Gasteiger partial charge in [-0.1, -0.05) is 12.1 Å². The highest BCUT2D eigenvalue weighted by Crippen LogP contribution is 2.18. The van der Waals surface area contributed by atoms with Crippen molar-refractivity contribution in [3.05, 3.63) is 58.8 Å². The highest BCUT2D eigenvalue weighted by molar-refractivity contribution is 7.89. The van der Waals surface area contributed by atoms with Gasteiger partial charge < -0.3 is 8.98 Å². The van der Waals surface area contributed by atoms with Crippen LogP contribution >= 0.6 is 0 Å². The molecule has 0 aliphatic heterocycles. The van der Waals surface area contributed by atoms with Crippen molar-refractivity contribution in [1.82, 2.24) is 19.3 Å². The van der Waals surface area contributed by atoms with Crippen molar-refractivity contribution >= 4 is 32.2 Å². The number of rotatable bonds is 5. The lowest BCUT2D eigenvalue weighted by molar-refractivity contribution is 0.553. The summed E-state index contributed by atoms with van der Waals surface area (Å²) in [5.74, 6) is 0.00528. The Kier molecular flexibility index (Phi) is 3.89. The fraction of sp³-hybridized carbons (Fsp3) is 0.176. The van der Waals surface area contributed by atoms with Gasteiger partial charge in [-0.25, -0.2) is 22.9 Å². The first kappa shape index (κ1) is 16.6. The van der Waals surface area contributed by atoms with E-state index in [1.165, 1.54) is 18.2 Å². The number of para-hydroxylation sites is 2. The number of imidazole rings is 1. The smallest absolute Gasteiger partial charge is 0.408 e. The minimum atomic E-state index is -3.78. The van der Waals surface area contributed by atoms with Gasteiger partial charge in [0.15, 0.2) is 5.58 Å². The number of nitrogens with one attached hydrogen (secondary N) is 2. The van der Waals surface area contributed by atoms with Gasteiger partial charge in [-0.2, -0.15) is 0 Å². The van der Waals surface area contributed by atoms with Gasteiger partial charge in [0.25, 0.3) is 0 Å². The summed E-state index contributed by atoms with van der Waals surface area (Å²) in [5, 5.41) is 0. The van der Waals surface area contributed by atoms with Gasteiger partial charge >= 0.3 is 5.76 Å². The number of hydrogen-bond donors (Lipinski definition) is 2. The second-order valence-corrected chi connectivity index (χ2v) is 7.52. The number of fused-ring (bicyclic) bond motifs is 2. The van der Waals surface area contributed by atoms with Crippen LogP contribution in [0.15, 0.2) is 56.6 Å². The zero-order valence-corrected chi connectivity index (χ0v) is 14.7. The van der Waals surface area contributed by atoms with Gasteiger partial charge in [0.2, 0.25) is 10.0 Å². The molecule has 9 heteroatoms. The fourth-order valence-corrected chi connectivity index (χ4v) is 3.94. The van der Waals surface area contributed by atoms with E-state index >= 15 is 0 Å². The summed E-state index contributed by atoms with van der Waals surface area (Å²) >= 11 is 0.